The minimum Gasteiger partial charge on any atom is -0.481 e. The van der Waals surface area contributed by atoms with Crippen molar-refractivity contribution in [3.05, 3.63) is 12.4 Å². The van der Waals surface area contributed by atoms with Crippen LogP contribution in [0, 0.1) is 0 Å². The fraction of sp³-hybridized carbons (Fsp3) is 0.789. The average molecular weight is 395 g/mol. The van der Waals surface area contributed by atoms with Crippen LogP contribution in [0.1, 0.15) is 57.8 Å². The number of anilines is 1. The van der Waals surface area contributed by atoms with Crippen molar-refractivity contribution in [2.75, 3.05) is 25.1 Å². The van der Waals surface area contributed by atoms with Gasteiger partial charge in [-0.25, -0.2) is 22.7 Å². The molecule has 1 aromatic rings. The molecule has 3 fully saturated rings. The van der Waals surface area contributed by atoms with E-state index < -0.39 is 10.0 Å². The van der Waals surface area contributed by atoms with Gasteiger partial charge in [0.15, 0.2) is 0 Å². The Morgan fingerprint density at radius 3 is 2.30 bits per heavy atom. The summed E-state index contributed by atoms with van der Waals surface area (Å²) in [6.07, 6.45) is 10.5. The molecule has 0 amide bonds. The van der Waals surface area contributed by atoms with Gasteiger partial charge < -0.3 is 9.64 Å². The standard InChI is InChI=1S/C19H30N4O3S/c1-26-19-13-18(20-14-21-19)23(15-7-8-15)16-9-11-22(12-10-16)27(24,25)17-5-3-2-4-6-17/h13-17H,2-12H2,1H3. The molecule has 0 radical (unpaired) electrons. The van der Waals surface area contributed by atoms with Gasteiger partial charge in [0.2, 0.25) is 15.9 Å². The highest BCUT2D eigenvalue weighted by Gasteiger charge is 2.40. The van der Waals surface area contributed by atoms with Crippen molar-refractivity contribution in [2.45, 2.75) is 75.1 Å². The van der Waals surface area contributed by atoms with Gasteiger partial charge in [0.1, 0.15) is 12.1 Å². The Morgan fingerprint density at radius 2 is 1.67 bits per heavy atom. The van der Waals surface area contributed by atoms with Gasteiger partial charge in [-0.1, -0.05) is 19.3 Å². The average Bonchev–Trinajstić information content (AvgIpc) is 3.54. The maximum atomic E-state index is 13.0. The number of piperidine rings is 1. The van der Waals surface area contributed by atoms with Crippen LogP contribution in [-0.4, -0.2) is 60.2 Å². The van der Waals surface area contributed by atoms with E-state index in [2.05, 4.69) is 14.9 Å². The first-order chi connectivity index (χ1) is 13.1. The molecule has 2 heterocycles. The van der Waals surface area contributed by atoms with E-state index in [4.69, 9.17) is 4.74 Å². The molecular weight excluding hydrogens is 364 g/mol. The second-order valence-electron chi connectivity index (χ2n) is 7.99. The Balaban J connectivity index is 1.44. The zero-order valence-corrected chi connectivity index (χ0v) is 16.9. The third kappa shape index (κ3) is 4.06. The number of rotatable bonds is 6. The fourth-order valence-corrected chi connectivity index (χ4v) is 6.63. The number of hydrogen-bond donors (Lipinski definition) is 0. The zero-order chi connectivity index (χ0) is 18.9. The SMILES string of the molecule is COc1cc(N(C2CC2)C2CCN(S(=O)(=O)C3CCCCC3)CC2)ncn1. The fourth-order valence-electron chi connectivity index (χ4n) is 4.56. The zero-order valence-electron chi connectivity index (χ0n) is 16.1. The first-order valence-electron chi connectivity index (χ1n) is 10.2. The minimum atomic E-state index is -3.14. The molecule has 2 saturated carbocycles. The Hall–Kier alpha value is -1.41. The van der Waals surface area contributed by atoms with Crippen LogP contribution >= 0.6 is 0 Å². The lowest BCUT2D eigenvalue weighted by Gasteiger charge is -2.40. The van der Waals surface area contributed by atoms with Crippen LogP contribution < -0.4 is 9.64 Å². The molecule has 0 bridgehead atoms. The summed E-state index contributed by atoms with van der Waals surface area (Å²) in [6.45, 7) is 1.24. The van der Waals surface area contributed by atoms with Crippen LogP contribution in [0.2, 0.25) is 0 Å². The highest BCUT2D eigenvalue weighted by molar-refractivity contribution is 7.89. The van der Waals surface area contributed by atoms with Crippen molar-refractivity contribution in [1.29, 1.82) is 0 Å². The van der Waals surface area contributed by atoms with E-state index in [-0.39, 0.29) is 5.25 Å². The highest BCUT2D eigenvalue weighted by atomic mass is 32.2. The molecule has 27 heavy (non-hydrogen) atoms. The van der Waals surface area contributed by atoms with Gasteiger partial charge >= 0.3 is 0 Å². The smallest absolute Gasteiger partial charge is 0.218 e. The molecule has 0 unspecified atom stereocenters. The molecule has 8 heteroatoms. The quantitative estimate of drug-likeness (QED) is 0.738. The van der Waals surface area contributed by atoms with Gasteiger partial charge in [0, 0.05) is 31.2 Å². The highest BCUT2D eigenvalue weighted by Crippen LogP contribution is 2.37. The van der Waals surface area contributed by atoms with E-state index in [1.165, 1.54) is 19.3 Å². The Labute approximate surface area is 162 Å². The number of nitrogens with zero attached hydrogens (tertiary/aromatic N) is 4. The van der Waals surface area contributed by atoms with Crippen LogP contribution in [0.25, 0.3) is 0 Å². The van der Waals surface area contributed by atoms with E-state index in [0.717, 1.165) is 44.3 Å². The monoisotopic (exact) mass is 394 g/mol. The van der Waals surface area contributed by atoms with Crippen LogP contribution in [-0.2, 0) is 10.0 Å². The van der Waals surface area contributed by atoms with Crippen LogP contribution in [0.4, 0.5) is 5.82 Å². The molecule has 1 aromatic heterocycles. The lowest BCUT2D eigenvalue weighted by atomic mass is 10.0. The van der Waals surface area contributed by atoms with Crippen LogP contribution in [0.5, 0.6) is 5.88 Å². The topological polar surface area (TPSA) is 75.6 Å². The van der Waals surface area contributed by atoms with Crippen LogP contribution in [0.15, 0.2) is 12.4 Å². The van der Waals surface area contributed by atoms with Crippen molar-refractivity contribution >= 4 is 15.8 Å². The number of sulfonamides is 1. The minimum absolute atomic E-state index is 0.159. The van der Waals surface area contributed by atoms with Crippen molar-refractivity contribution < 1.29 is 13.2 Å². The number of hydrogen-bond acceptors (Lipinski definition) is 6. The van der Waals surface area contributed by atoms with E-state index in [1.807, 2.05) is 6.07 Å². The predicted octanol–water partition coefficient (Wildman–Crippen LogP) is 2.58. The summed E-state index contributed by atoms with van der Waals surface area (Å²) in [4.78, 5) is 11.0. The maximum absolute atomic E-state index is 13.0. The molecular formula is C19H30N4O3S. The summed E-state index contributed by atoms with van der Waals surface area (Å²) < 4.78 is 33.0. The van der Waals surface area contributed by atoms with Crippen LogP contribution in [0.3, 0.4) is 0 Å². The summed E-state index contributed by atoms with van der Waals surface area (Å²) in [5, 5.41) is -0.159. The lowest BCUT2D eigenvalue weighted by Crippen LogP contribution is -2.50. The molecule has 0 spiro atoms. The molecule has 7 nitrogen and oxygen atoms in total. The largest absolute Gasteiger partial charge is 0.481 e. The third-order valence-corrected chi connectivity index (χ3v) is 8.59. The lowest BCUT2D eigenvalue weighted by molar-refractivity contribution is 0.301. The second-order valence-corrected chi connectivity index (χ2v) is 10.2. The Bertz CT molecular complexity index is 739. The van der Waals surface area contributed by atoms with E-state index in [1.54, 1.807) is 17.7 Å². The van der Waals surface area contributed by atoms with Gasteiger partial charge in [0.25, 0.3) is 0 Å². The first-order valence-corrected chi connectivity index (χ1v) is 11.7. The Morgan fingerprint density at radius 1 is 1.00 bits per heavy atom. The van der Waals surface area contributed by atoms with Crippen molar-refractivity contribution in [3.8, 4) is 5.88 Å². The second kappa shape index (κ2) is 7.91. The number of methoxy groups -OCH3 is 1. The summed E-state index contributed by atoms with van der Waals surface area (Å²) in [5.41, 5.74) is 0. The van der Waals surface area contributed by atoms with E-state index >= 15 is 0 Å². The summed E-state index contributed by atoms with van der Waals surface area (Å²) in [5.74, 6) is 1.47. The summed E-state index contributed by atoms with van der Waals surface area (Å²) in [6, 6.07) is 2.73. The summed E-state index contributed by atoms with van der Waals surface area (Å²) in [7, 11) is -1.53. The number of ether oxygens (including phenoxy) is 1. The molecule has 150 valence electrons. The third-order valence-electron chi connectivity index (χ3n) is 6.19. The maximum Gasteiger partial charge on any atom is 0.218 e. The Kier molecular flexibility index (Phi) is 5.55. The molecule has 0 N–H and O–H groups in total. The predicted molar refractivity (Wildman–Crippen MR) is 104 cm³/mol. The molecule has 1 aliphatic heterocycles. The normalized spacial score (nSPS) is 23.3. The molecule has 0 atom stereocenters. The van der Waals surface area contributed by atoms with Gasteiger partial charge in [-0.05, 0) is 38.5 Å². The molecule has 4 rings (SSSR count). The number of aromatic nitrogens is 2. The first kappa shape index (κ1) is 18.9. The van der Waals surface area contributed by atoms with Gasteiger partial charge in [0.05, 0.1) is 12.4 Å². The van der Waals surface area contributed by atoms with Crippen molar-refractivity contribution in [1.82, 2.24) is 14.3 Å². The molecule has 1 saturated heterocycles. The van der Waals surface area contributed by atoms with Gasteiger partial charge in [-0.15, -0.1) is 0 Å². The van der Waals surface area contributed by atoms with Crippen molar-refractivity contribution in [3.63, 3.8) is 0 Å². The molecule has 0 aromatic carbocycles. The molecule has 3 aliphatic rings. The van der Waals surface area contributed by atoms with Gasteiger partial charge in [-0.2, -0.15) is 0 Å². The molecule has 2 aliphatic carbocycles. The van der Waals surface area contributed by atoms with E-state index in [0.29, 0.717) is 31.1 Å². The summed E-state index contributed by atoms with van der Waals surface area (Å²) >= 11 is 0. The van der Waals surface area contributed by atoms with E-state index in [9.17, 15) is 8.42 Å². The van der Waals surface area contributed by atoms with Gasteiger partial charge in [-0.3, -0.25) is 0 Å². The van der Waals surface area contributed by atoms with Crippen molar-refractivity contribution in [2.24, 2.45) is 0 Å².